The number of fused-ring (bicyclic) bond motifs is 6. The molecule has 0 aliphatic heterocycles. The highest BCUT2D eigenvalue weighted by Gasteiger charge is 2.28. The van der Waals surface area contributed by atoms with Crippen molar-refractivity contribution >= 4 is 43.6 Å². The van der Waals surface area contributed by atoms with Crippen LogP contribution in [-0.4, -0.2) is 29.1 Å². The lowest BCUT2D eigenvalue weighted by Crippen LogP contribution is -2.07. The molecule has 13 nitrogen and oxygen atoms in total. The van der Waals surface area contributed by atoms with E-state index >= 15 is 0 Å². The van der Waals surface area contributed by atoms with Gasteiger partial charge in [-0.3, -0.25) is 4.98 Å². The molecule has 0 bridgehead atoms. The quantitative estimate of drug-likeness (QED) is 0.139. The molecule has 0 atom stereocenters. The van der Waals surface area contributed by atoms with Crippen molar-refractivity contribution in [3.63, 3.8) is 0 Å². The Kier molecular flexibility index (Phi) is 11.9. The molecule has 0 radical (unpaired) electrons. The Morgan fingerprint density at radius 1 is 0.317 bits per heavy atom. The van der Waals surface area contributed by atoms with Crippen molar-refractivity contribution in [3.05, 3.63) is 239 Å². The predicted molar refractivity (Wildman–Crippen MR) is 312 cm³/mol. The molecule has 0 spiro atoms. The van der Waals surface area contributed by atoms with Gasteiger partial charge in [-0.25, -0.2) is 15.0 Å². The summed E-state index contributed by atoms with van der Waals surface area (Å²) >= 11 is 0. The third-order valence-corrected chi connectivity index (χ3v) is 14.7. The number of hydrogen-bond donors (Lipinski definition) is 0. The lowest BCUT2D eigenvalue weighted by Gasteiger charge is -2.21. The Morgan fingerprint density at radius 2 is 0.732 bits per heavy atom. The SMILES string of the molecule is N#Cc1cc(C#N)c(-c2ccc3c(c2)c2cc(-c4c(C#N)cc(C#N)cc4C#N)ccc2n3-c2c(-c3nc(-c4ccccc4)nc(-c4ccccc4)n3)cc(C#N)cc2-c2cnccc2-n2c3ccccc3c3ccccc32)c(C#N)c1. The van der Waals surface area contributed by atoms with Crippen molar-refractivity contribution < 1.29 is 0 Å². The summed E-state index contributed by atoms with van der Waals surface area (Å²) in [5.74, 6) is 1.02. The first-order valence-electron chi connectivity index (χ1n) is 25.6. The maximum Gasteiger partial charge on any atom is 0.166 e. The van der Waals surface area contributed by atoms with Gasteiger partial charge in [0.25, 0.3) is 0 Å². The molecule has 374 valence electrons. The minimum atomic E-state index is 0.124. The predicted octanol–water partition coefficient (Wildman–Crippen LogP) is 14.6. The van der Waals surface area contributed by atoms with E-state index in [9.17, 15) is 36.8 Å². The first-order valence-corrected chi connectivity index (χ1v) is 25.6. The highest BCUT2D eigenvalue weighted by atomic mass is 15.1. The maximum atomic E-state index is 11.2. The molecule has 13 rings (SSSR count). The number of rotatable bonds is 8. The molecule has 0 saturated heterocycles. The molecule has 0 saturated carbocycles. The summed E-state index contributed by atoms with van der Waals surface area (Å²) in [4.78, 5) is 20.4. The molecule has 0 aliphatic rings. The number of aromatic nitrogens is 6. The van der Waals surface area contributed by atoms with Gasteiger partial charge in [-0.1, -0.05) is 109 Å². The van der Waals surface area contributed by atoms with Crippen molar-refractivity contribution in [2.75, 3.05) is 0 Å². The summed E-state index contributed by atoms with van der Waals surface area (Å²) in [7, 11) is 0. The Hall–Kier alpha value is -12.8. The van der Waals surface area contributed by atoms with Crippen LogP contribution in [0.15, 0.2) is 200 Å². The topological polar surface area (TPSA) is 228 Å². The van der Waals surface area contributed by atoms with Crippen LogP contribution < -0.4 is 0 Å². The molecule has 0 aliphatic carbocycles. The zero-order valence-corrected chi connectivity index (χ0v) is 42.9. The summed E-state index contributed by atoms with van der Waals surface area (Å²) in [6, 6.07) is 73.6. The summed E-state index contributed by atoms with van der Waals surface area (Å²) < 4.78 is 4.28. The van der Waals surface area contributed by atoms with Gasteiger partial charge in [0.05, 0.1) is 115 Å². The summed E-state index contributed by atoms with van der Waals surface area (Å²) in [6.07, 6.45) is 3.54. The van der Waals surface area contributed by atoms with E-state index in [0.29, 0.717) is 83.6 Å². The molecule has 0 N–H and O–H groups in total. The van der Waals surface area contributed by atoms with Crippen molar-refractivity contribution in [1.82, 2.24) is 29.1 Å². The molecule has 13 heteroatoms. The van der Waals surface area contributed by atoms with E-state index in [1.807, 2.05) is 133 Å². The van der Waals surface area contributed by atoms with Gasteiger partial charge in [-0.2, -0.15) is 36.8 Å². The number of benzene rings is 9. The fourth-order valence-corrected chi connectivity index (χ4v) is 11.2. The largest absolute Gasteiger partial charge is 0.309 e. The first kappa shape index (κ1) is 48.8. The number of para-hydroxylation sites is 2. The molecule has 9 aromatic carbocycles. The lowest BCUT2D eigenvalue weighted by molar-refractivity contribution is 1.06. The standard InChI is InChI=1S/C69H33N13/c70-33-41-25-48(36-73)64(49(26-41)37-74)46-19-21-61-54(31-46)55-32-47(65-50(38-75)27-42(34-71)28-51(65)39-76)20-22-62(55)82(61)66-56(58-40-77-24-23-63(58)81-59-17-9-7-15-52(59)53-16-8-10-18-60(53)81)29-43(35-72)30-57(66)69-79-67(44-11-3-1-4-12-44)78-68(80-69)45-13-5-2-6-14-45/h1-32,40H. The molecule has 82 heavy (non-hydrogen) atoms. The van der Waals surface area contributed by atoms with E-state index in [2.05, 4.69) is 75.9 Å². The molecule has 0 amide bonds. The Bertz CT molecular complexity index is 4860. The summed E-state index contributed by atoms with van der Waals surface area (Å²) in [5.41, 5.74) is 10.3. The normalized spacial score (nSPS) is 10.8. The second-order valence-corrected chi connectivity index (χ2v) is 19.2. The van der Waals surface area contributed by atoms with E-state index in [4.69, 9.17) is 19.9 Å². The molecule has 13 aromatic rings. The van der Waals surface area contributed by atoms with Gasteiger partial charge >= 0.3 is 0 Å². The monoisotopic (exact) mass is 1040 g/mol. The molecule has 4 aromatic heterocycles. The van der Waals surface area contributed by atoms with Crippen LogP contribution in [0.3, 0.4) is 0 Å². The van der Waals surface area contributed by atoms with Crippen LogP contribution in [0, 0.1) is 79.3 Å². The third-order valence-electron chi connectivity index (χ3n) is 14.7. The Labute approximate surface area is 468 Å². The second kappa shape index (κ2) is 19.9. The Morgan fingerprint density at radius 3 is 1.20 bits per heavy atom. The minimum absolute atomic E-state index is 0.124. The Balaban J connectivity index is 1.21. The van der Waals surface area contributed by atoms with Gasteiger partial charge < -0.3 is 9.13 Å². The van der Waals surface area contributed by atoms with Gasteiger partial charge in [0, 0.05) is 72.9 Å². The molecule has 4 heterocycles. The van der Waals surface area contributed by atoms with E-state index in [1.165, 1.54) is 24.3 Å². The molecule has 0 fully saturated rings. The fraction of sp³-hybridized carbons (Fsp3) is 0. The van der Waals surface area contributed by atoms with Gasteiger partial charge in [-0.05, 0) is 90.0 Å². The zero-order chi connectivity index (χ0) is 56.0. The average molecular weight is 1040 g/mol. The maximum absolute atomic E-state index is 11.2. The van der Waals surface area contributed by atoms with E-state index in [-0.39, 0.29) is 39.2 Å². The van der Waals surface area contributed by atoms with Crippen LogP contribution >= 0.6 is 0 Å². The molecule has 0 unspecified atom stereocenters. The summed E-state index contributed by atoms with van der Waals surface area (Å²) in [6.45, 7) is 0. The number of nitriles is 7. The molecular formula is C69H33N13. The van der Waals surface area contributed by atoms with Crippen molar-refractivity contribution in [2.45, 2.75) is 0 Å². The van der Waals surface area contributed by atoms with Gasteiger partial charge in [0.15, 0.2) is 17.5 Å². The van der Waals surface area contributed by atoms with Crippen LogP contribution in [0.25, 0.3) is 123 Å². The highest BCUT2D eigenvalue weighted by molar-refractivity contribution is 6.14. The van der Waals surface area contributed by atoms with Crippen molar-refractivity contribution in [2.24, 2.45) is 0 Å². The first-order chi connectivity index (χ1) is 40.3. The van der Waals surface area contributed by atoms with Crippen molar-refractivity contribution in [1.29, 1.82) is 36.8 Å². The second-order valence-electron chi connectivity index (χ2n) is 19.2. The fourth-order valence-electron chi connectivity index (χ4n) is 11.2. The average Bonchev–Trinajstić information content (AvgIpc) is 2.24. The smallest absolute Gasteiger partial charge is 0.166 e. The zero-order valence-electron chi connectivity index (χ0n) is 42.9. The van der Waals surface area contributed by atoms with Gasteiger partial charge in [-0.15, -0.1) is 0 Å². The van der Waals surface area contributed by atoms with Crippen molar-refractivity contribution in [3.8, 4) is 121 Å². The van der Waals surface area contributed by atoms with Gasteiger partial charge in [0.1, 0.15) is 0 Å². The van der Waals surface area contributed by atoms with Crippen LogP contribution in [0.1, 0.15) is 38.9 Å². The minimum Gasteiger partial charge on any atom is -0.309 e. The van der Waals surface area contributed by atoms with E-state index in [1.54, 1.807) is 18.5 Å². The highest BCUT2D eigenvalue weighted by Crippen LogP contribution is 2.47. The van der Waals surface area contributed by atoms with Crippen LogP contribution in [0.4, 0.5) is 0 Å². The third kappa shape index (κ3) is 7.96. The van der Waals surface area contributed by atoms with E-state index in [0.717, 1.165) is 38.6 Å². The van der Waals surface area contributed by atoms with Gasteiger partial charge in [0.2, 0.25) is 0 Å². The number of nitrogens with zero attached hydrogens (tertiary/aromatic N) is 13. The van der Waals surface area contributed by atoms with Crippen LogP contribution in [0.5, 0.6) is 0 Å². The van der Waals surface area contributed by atoms with Crippen LogP contribution in [-0.2, 0) is 0 Å². The number of hydrogen-bond acceptors (Lipinski definition) is 11. The number of pyridine rings is 1. The molecular weight excluding hydrogens is 1010 g/mol. The van der Waals surface area contributed by atoms with Crippen LogP contribution in [0.2, 0.25) is 0 Å². The summed E-state index contributed by atoms with van der Waals surface area (Å²) in [5, 5.41) is 76.7. The lowest BCUT2D eigenvalue weighted by atomic mass is 9.91. The van der Waals surface area contributed by atoms with E-state index < -0.39 is 0 Å².